The highest BCUT2D eigenvalue weighted by molar-refractivity contribution is 7.91. The molecule has 5 aromatic rings. The van der Waals surface area contributed by atoms with E-state index in [0.717, 1.165) is 38.9 Å². The van der Waals surface area contributed by atoms with Gasteiger partial charge in [-0.15, -0.1) is 0 Å². The van der Waals surface area contributed by atoms with Crippen molar-refractivity contribution in [2.24, 2.45) is 5.41 Å². The number of allylic oxidation sites excluding steroid dienone is 1. The fraction of sp³-hybridized carbons (Fsp3) is 0.256. The highest BCUT2D eigenvalue weighted by Gasteiger charge is 2.52. The number of benzene rings is 4. The molecule has 248 valence electrons. The molecule has 1 unspecified atom stereocenters. The Morgan fingerprint density at radius 2 is 1.41 bits per heavy atom. The minimum absolute atomic E-state index is 0.0429. The van der Waals surface area contributed by atoms with E-state index in [1.165, 1.54) is 4.90 Å². The van der Waals surface area contributed by atoms with Gasteiger partial charge in [0.05, 0.1) is 28.1 Å². The Balaban J connectivity index is 1.36. The SMILES string of the molecule is O=C(O)N1CCC2(CCN(c3ccc4c(c3)c(C3=CCS(=O)(=O)CC3)nn4C(c3ccccc3)(c3ccccc3)c3ccccc3)C2=O)C1. The molecule has 3 aliphatic heterocycles. The third kappa shape index (κ3) is 5.04. The normalized spacial score (nSPS) is 20.7. The molecular formula is C39H36N4O5S. The van der Waals surface area contributed by atoms with Crippen LogP contribution in [0.3, 0.4) is 0 Å². The van der Waals surface area contributed by atoms with E-state index < -0.39 is 26.9 Å². The second-order valence-corrected chi connectivity index (χ2v) is 15.5. The first kappa shape index (κ1) is 31.1. The first-order chi connectivity index (χ1) is 23.7. The van der Waals surface area contributed by atoms with E-state index in [1.54, 1.807) is 11.0 Å². The predicted octanol–water partition coefficient (Wildman–Crippen LogP) is 6.19. The fourth-order valence-corrected chi connectivity index (χ4v) is 9.20. The lowest BCUT2D eigenvalue weighted by Gasteiger charge is -2.37. The molecule has 10 heteroatoms. The van der Waals surface area contributed by atoms with Crippen molar-refractivity contribution in [1.29, 1.82) is 0 Å². The van der Waals surface area contributed by atoms with Crippen LogP contribution in [0.5, 0.6) is 0 Å². The number of carboxylic acid groups (broad SMARTS) is 1. The van der Waals surface area contributed by atoms with Crippen LogP contribution in [-0.4, -0.2) is 71.3 Å². The Morgan fingerprint density at radius 3 is 1.94 bits per heavy atom. The number of carbonyl (C=O) groups excluding carboxylic acids is 1. The minimum Gasteiger partial charge on any atom is -0.465 e. The summed E-state index contributed by atoms with van der Waals surface area (Å²) in [6.45, 7) is 1.05. The summed E-state index contributed by atoms with van der Waals surface area (Å²) in [6, 6.07) is 36.8. The van der Waals surface area contributed by atoms with Gasteiger partial charge < -0.3 is 14.9 Å². The van der Waals surface area contributed by atoms with Crippen molar-refractivity contribution in [2.45, 2.75) is 24.8 Å². The number of carbonyl (C=O) groups is 2. The van der Waals surface area contributed by atoms with Crippen LogP contribution in [0.25, 0.3) is 16.5 Å². The summed E-state index contributed by atoms with van der Waals surface area (Å²) in [5, 5.41) is 15.8. The number of nitrogens with zero attached hydrogens (tertiary/aromatic N) is 4. The molecule has 4 aromatic carbocycles. The minimum atomic E-state index is -3.19. The fourth-order valence-electron chi connectivity index (χ4n) is 8.05. The van der Waals surface area contributed by atoms with Gasteiger partial charge in [0.1, 0.15) is 5.54 Å². The van der Waals surface area contributed by atoms with E-state index >= 15 is 0 Å². The second-order valence-electron chi connectivity index (χ2n) is 13.3. The van der Waals surface area contributed by atoms with E-state index in [9.17, 15) is 23.1 Å². The topological polar surface area (TPSA) is 113 Å². The van der Waals surface area contributed by atoms with Crippen LogP contribution in [0.15, 0.2) is 115 Å². The van der Waals surface area contributed by atoms with Gasteiger partial charge in [-0.2, -0.15) is 5.10 Å². The summed E-state index contributed by atoms with van der Waals surface area (Å²) >= 11 is 0. The van der Waals surface area contributed by atoms with Crippen LogP contribution in [0.4, 0.5) is 10.5 Å². The second kappa shape index (κ2) is 11.7. The number of hydrogen-bond acceptors (Lipinski definition) is 5. The average Bonchev–Trinajstić information content (AvgIpc) is 3.83. The van der Waals surface area contributed by atoms with Gasteiger partial charge in [0, 0.05) is 30.7 Å². The monoisotopic (exact) mass is 672 g/mol. The van der Waals surface area contributed by atoms with Gasteiger partial charge in [0.15, 0.2) is 9.84 Å². The van der Waals surface area contributed by atoms with Gasteiger partial charge in [0.2, 0.25) is 5.91 Å². The lowest BCUT2D eigenvalue weighted by Crippen LogP contribution is -2.38. The van der Waals surface area contributed by atoms with Gasteiger partial charge in [-0.3, -0.25) is 4.79 Å². The zero-order chi connectivity index (χ0) is 33.8. The maximum atomic E-state index is 14.0. The molecule has 1 N–H and O–H groups in total. The van der Waals surface area contributed by atoms with E-state index in [2.05, 4.69) is 41.1 Å². The standard InChI is InChI=1S/C39H36N4O5S/c44-36-38(20-22-41(27-38)37(45)46)21-23-42(36)32-16-17-34-33(26-32)35(28-18-24-49(47,48)25-19-28)40-43(34)39(29-10-4-1-5-11-29,30-12-6-2-7-13-30)31-14-8-3-9-15-31/h1-18,26H,19-25,27H2,(H,45,46). The highest BCUT2D eigenvalue weighted by Crippen LogP contribution is 2.46. The molecule has 49 heavy (non-hydrogen) atoms. The molecule has 0 radical (unpaired) electrons. The molecule has 3 aliphatic rings. The van der Waals surface area contributed by atoms with Crippen molar-refractivity contribution in [3.63, 3.8) is 0 Å². The van der Waals surface area contributed by atoms with Crippen LogP contribution in [0, 0.1) is 5.41 Å². The van der Waals surface area contributed by atoms with Crippen molar-refractivity contribution in [3.05, 3.63) is 138 Å². The third-order valence-electron chi connectivity index (χ3n) is 10.6. The molecule has 0 aliphatic carbocycles. The van der Waals surface area contributed by atoms with E-state index in [0.29, 0.717) is 38.0 Å². The van der Waals surface area contributed by atoms with Gasteiger partial charge in [-0.05, 0) is 59.7 Å². The zero-order valence-electron chi connectivity index (χ0n) is 26.9. The predicted molar refractivity (Wildman–Crippen MR) is 189 cm³/mol. The number of anilines is 1. The summed E-state index contributed by atoms with van der Waals surface area (Å²) in [4.78, 5) is 28.9. The van der Waals surface area contributed by atoms with Gasteiger partial charge >= 0.3 is 6.09 Å². The molecule has 0 bridgehead atoms. The molecule has 9 nitrogen and oxygen atoms in total. The van der Waals surface area contributed by atoms with Crippen LogP contribution in [0.1, 0.15) is 41.6 Å². The maximum absolute atomic E-state index is 14.0. The lowest BCUT2D eigenvalue weighted by atomic mass is 9.77. The van der Waals surface area contributed by atoms with Crippen LogP contribution in [0.2, 0.25) is 0 Å². The first-order valence-electron chi connectivity index (χ1n) is 16.6. The summed E-state index contributed by atoms with van der Waals surface area (Å²) in [6.07, 6.45) is 2.21. The number of hydrogen-bond donors (Lipinski definition) is 1. The van der Waals surface area contributed by atoms with Crippen LogP contribution >= 0.6 is 0 Å². The number of sulfone groups is 1. The number of likely N-dealkylation sites (tertiary alicyclic amines) is 1. The van der Waals surface area contributed by atoms with E-state index in [1.807, 2.05) is 72.8 Å². The van der Waals surface area contributed by atoms with Gasteiger partial charge in [-0.1, -0.05) is 97.1 Å². The van der Waals surface area contributed by atoms with E-state index in [4.69, 9.17) is 5.10 Å². The average molecular weight is 673 g/mol. The number of rotatable bonds is 6. The molecule has 2 saturated heterocycles. The van der Waals surface area contributed by atoms with Gasteiger partial charge in [-0.25, -0.2) is 17.9 Å². The highest BCUT2D eigenvalue weighted by atomic mass is 32.2. The molecule has 1 aromatic heterocycles. The van der Waals surface area contributed by atoms with E-state index in [-0.39, 0.29) is 24.0 Å². The summed E-state index contributed by atoms with van der Waals surface area (Å²) < 4.78 is 27.1. The number of fused-ring (bicyclic) bond motifs is 1. The van der Waals surface area contributed by atoms with Crippen molar-refractivity contribution in [1.82, 2.24) is 14.7 Å². The molecule has 8 rings (SSSR count). The summed E-state index contributed by atoms with van der Waals surface area (Å²) in [5.74, 6) is -0.0637. The maximum Gasteiger partial charge on any atom is 0.407 e. The van der Waals surface area contributed by atoms with Crippen molar-refractivity contribution >= 4 is 44.0 Å². The van der Waals surface area contributed by atoms with Crippen molar-refractivity contribution < 1.29 is 23.1 Å². The number of aromatic nitrogens is 2. The Labute approximate surface area is 285 Å². The Kier molecular flexibility index (Phi) is 7.44. The third-order valence-corrected chi connectivity index (χ3v) is 12.1. The largest absolute Gasteiger partial charge is 0.465 e. The molecule has 2 amide bonds. The Bertz CT molecular complexity index is 2120. The summed E-state index contributed by atoms with van der Waals surface area (Å²) in [5.41, 5.74) is 4.51. The van der Waals surface area contributed by atoms with Crippen LogP contribution < -0.4 is 4.90 Å². The molecule has 2 fully saturated rings. The number of amides is 2. The van der Waals surface area contributed by atoms with Crippen LogP contribution in [-0.2, 0) is 20.2 Å². The Morgan fingerprint density at radius 1 is 0.816 bits per heavy atom. The molecule has 4 heterocycles. The van der Waals surface area contributed by atoms with Gasteiger partial charge in [0.25, 0.3) is 0 Å². The first-order valence-corrected chi connectivity index (χ1v) is 18.4. The van der Waals surface area contributed by atoms with Crippen molar-refractivity contribution in [3.8, 4) is 0 Å². The summed E-state index contributed by atoms with van der Waals surface area (Å²) in [7, 11) is -3.19. The molecule has 1 atom stereocenters. The Hall–Kier alpha value is -5.22. The lowest BCUT2D eigenvalue weighted by molar-refractivity contribution is -0.124. The quantitative estimate of drug-likeness (QED) is 0.216. The smallest absolute Gasteiger partial charge is 0.407 e. The van der Waals surface area contributed by atoms with Crippen molar-refractivity contribution in [2.75, 3.05) is 36.0 Å². The zero-order valence-corrected chi connectivity index (χ0v) is 27.7. The molecule has 0 saturated carbocycles. The molecule has 1 spiro atoms. The molecular weight excluding hydrogens is 637 g/mol.